The molecular weight excluding hydrogens is 308 g/mol. The van der Waals surface area contributed by atoms with Gasteiger partial charge < -0.3 is 14.9 Å². The van der Waals surface area contributed by atoms with Crippen LogP contribution in [0.1, 0.15) is 83.5 Å². The van der Waals surface area contributed by atoms with Gasteiger partial charge in [0.15, 0.2) is 0 Å². The number of carboxylic acids is 2. The van der Waals surface area contributed by atoms with E-state index >= 15 is 0 Å². The zero-order valence-electron chi connectivity index (χ0n) is 14.7. The van der Waals surface area contributed by atoms with Gasteiger partial charge in [-0.2, -0.15) is 0 Å². The Kier molecular flexibility index (Phi) is 7.08. The van der Waals surface area contributed by atoms with E-state index in [4.69, 9.17) is 14.9 Å². The lowest BCUT2D eigenvalue weighted by atomic mass is 9.98. The fourth-order valence-corrected chi connectivity index (χ4v) is 3.41. The Bertz CT molecular complexity index is 383. The molecule has 2 fully saturated rings. The lowest BCUT2D eigenvalue weighted by Gasteiger charge is -2.09. The van der Waals surface area contributed by atoms with Gasteiger partial charge in [0.2, 0.25) is 0 Å². The highest BCUT2D eigenvalue weighted by atomic mass is 16.5. The topological polar surface area (TPSA) is 83.8 Å². The van der Waals surface area contributed by atoms with E-state index in [9.17, 15) is 9.59 Å². The molecule has 2 aliphatic carbocycles. The summed E-state index contributed by atoms with van der Waals surface area (Å²) in [6.07, 6.45) is 12.4. The predicted octanol–water partition coefficient (Wildman–Crippen LogP) is 4.24. The van der Waals surface area contributed by atoms with E-state index in [0.29, 0.717) is 0 Å². The van der Waals surface area contributed by atoms with E-state index < -0.39 is 11.9 Å². The average Bonchev–Trinajstić information content (AvgIpc) is 3.43. The van der Waals surface area contributed by atoms with Crippen molar-refractivity contribution in [2.24, 2.45) is 10.8 Å². The van der Waals surface area contributed by atoms with Crippen molar-refractivity contribution < 1.29 is 24.5 Å². The van der Waals surface area contributed by atoms with Gasteiger partial charge in [0, 0.05) is 13.2 Å². The molecular formula is C19H32O5. The Morgan fingerprint density at radius 2 is 1.04 bits per heavy atom. The Hall–Kier alpha value is -1.10. The molecule has 138 valence electrons. The fourth-order valence-electron chi connectivity index (χ4n) is 3.41. The van der Waals surface area contributed by atoms with Crippen molar-refractivity contribution in [2.45, 2.75) is 83.5 Å². The van der Waals surface area contributed by atoms with Gasteiger partial charge >= 0.3 is 11.9 Å². The maximum atomic E-state index is 11.0. The molecule has 0 aromatic carbocycles. The quantitative estimate of drug-likeness (QED) is 0.436. The van der Waals surface area contributed by atoms with Crippen molar-refractivity contribution >= 4 is 11.9 Å². The normalized spacial score (nSPS) is 19.8. The van der Waals surface area contributed by atoms with Crippen molar-refractivity contribution in [3.8, 4) is 0 Å². The van der Waals surface area contributed by atoms with Crippen molar-refractivity contribution in [3.05, 3.63) is 0 Å². The van der Waals surface area contributed by atoms with E-state index in [1.54, 1.807) is 0 Å². The van der Waals surface area contributed by atoms with Gasteiger partial charge in [0.25, 0.3) is 0 Å². The summed E-state index contributed by atoms with van der Waals surface area (Å²) in [5, 5.41) is 18.2. The maximum absolute atomic E-state index is 11.0. The molecule has 0 radical (unpaired) electrons. The number of carboxylic acid groups (broad SMARTS) is 2. The fraction of sp³-hybridized carbons (Fsp3) is 0.895. The van der Waals surface area contributed by atoms with Crippen molar-refractivity contribution in [1.29, 1.82) is 0 Å². The van der Waals surface area contributed by atoms with Crippen LogP contribution in [-0.2, 0) is 14.3 Å². The van der Waals surface area contributed by atoms with Crippen LogP contribution in [0.15, 0.2) is 0 Å². The smallest absolute Gasteiger partial charge is 0.309 e. The second kappa shape index (κ2) is 8.84. The van der Waals surface area contributed by atoms with E-state index in [1.165, 1.54) is 0 Å². The van der Waals surface area contributed by atoms with Crippen molar-refractivity contribution in [2.75, 3.05) is 13.2 Å². The molecule has 5 heteroatoms. The molecule has 2 aliphatic rings. The van der Waals surface area contributed by atoms with Gasteiger partial charge in [0.1, 0.15) is 0 Å². The van der Waals surface area contributed by atoms with Gasteiger partial charge in [0.05, 0.1) is 10.8 Å². The predicted molar refractivity (Wildman–Crippen MR) is 91.0 cm³/mol. The highest BCUT2D eigenvalue weighted by Gasteiger charge is 2.49. The molecule has 0 spiro atoms. The third kappa shape index (κ3) is 5.76. The van der Waals surface area contributed by atoms with Gasteiger partial charge in [-0.25, -0.2) is 0 Å². The minimum absolute atomic E-state index is 0.365. The third-order valence-electron chi connectivity index (χ3n) is 5.75. The van der Waals surface area contributed by atoms with Crippen LogP contribution < -0.4 is 0 Å². The molecule has 0 amide bonds. The van der Waals surface area contributed by atoms with Gasteiger partial charge in [-0.05, 0) is 51.4 Å². The molecule has 2 N–H and O–H groups in total. The maximum Gasteiger partial charge on any atom is 0.309 e. The summed E-state index contributed by atoms with van der Waals surface area (Å²) in [7, 11) is 0. The largest absolute Gasteiger partial charge is 0.481 e. The van der Waals surface area contributed by atoms with Crippen LogP contribution in [0.25, 0.3) is 0 Å². The monoisotopic (exact) mass is 340 g/mol. The Balaban J connectivity index is 1.31. The highest BCUT2D eigenvalue weighted by Crippen LogP contribution is 2.50. The molecule has 0 atom stereocenters. The minimum Gasteiger partial charge on any atom is -0.481 e. The third-order valence-corrected chi connectivity index (χ3v) is 5.75. The summed E-state index contributed by atoms with van der Waals surface area (Å²) >= 11 is 0. The van der Waals surface area contributed by atoms with E-state index in [-0.39, 0.29) is 10.8 Å². The highest BCUT2D eigenvalue weighted by molar-refractivity contribution is 5.78. The van der Waals surface area contributed by atoms with Crippen LogP contribution in [0, 0.1) is 10.8 Å². The molecule has 2 saturated carbocycles. The first-order valence-corrected chi connectivity index (χ1v) is 9.55. The molecule has 5 nitrogen and oxygen atoms in total. The first-order chi connectivity index (χ1) is 11.5. The SMILES string of the molecule is O=C(O)C1(CCCCCCOCCCCCC2(C(=O)O)CC2)CC1. The Labute approximate surface area is 144 Å². The van der Waals surface area contributed by atoms with Crippen LogP contribution in [0.2, 0.25) is 0 Å². The Morgan fingerprint density at radius 3 is 1.42 bits per heavy atom. The second-order valence-corrected chi connectivity index (χ2v) is 7.76. The Morgan fingerprint density at radius 1 is 0.667 bits per heavy atom. The number of aliphatic carboxylic acids is 2. The van der Waals surface area contributed by atoms with Crippen molar-refractivity contribution in [3.63, 3.8) is 0 Å². The summed E-state index contributed by atoms with van der Waals surface area (Å²) in [5.41, 5.74) is -0.739. The second-order valence-electron chi connectivity index (χ2n) is 7.76. The molecule has 0 bridgehead atoms. The molecule has 2 rings (SSSR count). The van der Waals surface area contributed by atoms with Gasteiger partial charge in [-0.1, -0.05) is 32.1 Å². The van der Waals surface area contributed by atoms with Crippen LogP contribution >= 0.6 is 0 Å². The first-order valence-electron chi connectivity index (χ1n) is 9.55. The lowest BCUT2D eigenvalue weighted by Crippen LogP contribution is -2.14. The van der Waals surface area contributed by atoms with Gasteiger partial charge in [-0.15, -0.1) is 0 Å². The number of unbranched alkanes of at least 4 members (excludes halogenated alkanes) is 5. The molecule has 24 heavy (non-hydrogen) atoms. The van der Waals surface area contributed by atoms with Crippen LogP contribution in [0.3, 0.4) is 0 Å². The average molecular weight is 340 g/mol. The number of hydrogen-bond acceptors (Lipinski definition) is 3. The summed E-state index contributed by atoms with van der Waals surface area (Å²) in [5.74, 6) is -1.23. The molecule has 0 saturated heterocycles. The van der Waals surface area contributed by atoms with E-state index in [0.717, 1.165) is 96.7 Å². The standard InChI is InChI=1S/C19H32O5/c20-16(21)18(10-11-18)8-4-1-2-6-14-24-15-7-3-5-9-19(12-13-19)17(22)23/h1-15H2,(H,20,21)(H,22,23). The van der Waals surface area contributed by atoms with E-state index in [1.807, 2.05) is 0 Å². The molecule has 0 aromatic heterocycles. The number of ether oxygens (including phenoxy) is 1. The lowest BCUT2D eigenvalue weighted by molar-refractivity contribution is -0.144. The van der Waals surface area contributed by atoms with Crippen LogP contribution in [0.5, 0.6) is 0 Å². The zero-order chi connectivity index (χ0) is 17.5. The summed E-state index contributed by atoms with van der Waals surface area (Å²) in [6, 6.07) is 0. The summed E-state index contributed by atoms with van der Waals surface area (Å²) in [6.45, 7) is 1.55. The zero-order valence-corrected chi connectivity index (χ0v) is 14.7. The first kappa shape index (κ1) is 19.2. The summed E-state index contributed by atoms with van der Waals surface area (Å²) in [4.78, 5) is 22.1. The van der Waals surface area contributed by atoms with Gasteiger partial charge in [-0.3, -0.25) is 9.59 Å². The molecule has 0 unspecified atom stereocenters. The number of rotatable bonds is 15. The number of hydrogen-bond donors (Lipinski definition) is 2. The van der Waals surface area contributed by atoms with Crippen molar-refractivity contribution in [1.82, 2.24) is 0 Å². The molecule has 0 heterocycles. The molecule has 0 aromatic rings. The van der Waals surface area contributed by atoms with E-state index in [2.05, 4.69) is 0 Å². The minimum atomic E-state index is -0.616. The molecule has 0 aliphatic heterocycles. The number of carbonyl (C=O) groups is 2. The van der Waals surface area contributed by atoms with Crippen LogP contribution in [-0.4, -0.2) is 35.4 Å². The summed E-state index contributed by atoms with van der Waals surface area (Å²) < 4.78 is 5.62. The van der Waals surface area contributed by atoms with Crippen LogP contribution in [0.4, 0.5) is 0 Å².